The van der Waals surface area contributed by atoms with Gasteiger partial charge in [-0.05, 0) is 43.0 Å². The number of hydrogen-bond donors (Lipinski definition) is 0. The van der Waals surface area contributed by atoms with Gasteiger partial charge < -0.3 is 0 Å². The molecule has 0 fully saturated rings. The average molecular weight is 397 g/mol. The topological polar surface area (TPSA) is 58.7 Å². The van der Waals surface area contributed by atoms with Crippen LogP contribution in [0.1, 0.15) is 31.0 Å². The van der Waals surface area contributed by atoms with Crippen molar-refractivity contribution in [2.24, 2.45) is 5.92 Å². The quantitative estimate of drug-likeness (QED) is 0.617. The summed E-state index contributed by atoms with van der Waals surface area (Å²) in [4.78, 5) is 12.4. The van der Waals surface area contributed by atoms with Crippen LogP contribution in [0.25, 0.3) is 16.9 Å². The van der Waals surface area contributed by atoms with Crippen LogP contribution in [-0.2, 0) is 16.6 Å². The van der Waals surface area contributed by atoms with E-state index in [1.54, 1.807) is 12.1 Å². The summed E-state index contributed by atoms with van der Waals surface area (Å²) in [6.45, 7) is 2.09. The molecular formula is C25H20FN3O. The maximum Gasteiger partial charge on any atom is 0.173 e. The third kappa shape index (κ3) is 2.72. The minimum Gasteiger partial charge on any atom is -0.293 e. The molecule has 0 bridgehead atoms. The van der Waals surface area contributed by atoms with Gasteiger partial charge in [-0.1, -0.05) is 43.3 Å². The highest BCUT2D eigenvalue weighted by molar-refractivity contribution is 6.00. The van der Waals surface area contributed by atoms with Crippen molar-refractivity contribution in [3.8, 4) is 23.0 Å². The van der Waals surface area contributed by atoms with E-state index < -0.39 is 5.41 Å². The van der Waals surface area contributed by atoms with Crippen LogP contribution in [0, 0.1) is 23.1 Å². The van der Waals surface area contributed by atoms with Crippen LogP contribution in [0.15, 0.2) is 66.2 Å². The summed E-state index contributed by atoms with van der Waals surface area (Å²) >= 11 is 0. The molecule has 3 aromatic rings. The Hall–Kier alpha value is -3.52. The molecule has 2 aliphatic rings. The number of halogens is 1. The van der Waals surface area contributed by atoms with E-state index in [-0.39, 0.29) is 23.1 Å². The van der Waals surface area contributed by atoms with Crippen LogP contribution in [0.5, 0.6) is 0 Å². The van der Waals surface area contributed by atoms with Gasteiger partial charge in [0.05, 0.1) is 22.6 Å². The molecule has 0 aliphatic heterocycles. The lowest BCUT2D eigenvalue weighted by Crippen LogP contribution is -2.41. The highest BCUT2D eigenvalue weighted by Gasteiger charge is 2.47. The van der Waals surface area contributed by atoms with Gasteiger partial charge >= 0.3 is 0 Å². The van der Waals surface area contributed by atoms with Gasteiger partial charge in [0.25, 0.3) is 0 Å². The van der Waals surface area contributed by atoms with E-state index in [0.717, 1.165) is 41.0 Å². The number of nitrogens with zero attached hydrogens (tertiary/aromatic N) is 3. The molecule has 5 heteroatoms. The second-order valence-corrected chi connectivity index (χ2v) is 8.25. The van der Waals surface area contributed by atoms with Crippen LogP contribution in [0.2, 0.25) is 0 Å². The van der Waals surface area contributed by atoms with Gasteiger partial charge in [-0.2, -0.15) is 10.4 Å². The van der Waals surface area contributed by atoms with Crippen molar-refractivity contribution in [3.05, 3.63) is 83.3 Å². The standard InChI is InChI=1S/C25H20FN3O/c1-25-14-17(15-27)22(30)13-18(25)7-12-21-23(16-5-3-2-4-6-16)28-29(24(21)25)20-10-8-19(26)9-11-20/h2-6,8-11,14,18H,7,12-13H2,1H3/t18-,25?/m1/s1. The fraction of sp³-hybridized carbons (Fsp3) is 0.240. The van der Waals surface area contributed by atoms with Gasteiger partial charge in [0, 0.05) is 23.0 Å². The summed E-state index contributed by atoms with van der Waals surface area (Å²) in [5.41, 5.74) is 4.53. The van der Waals surface area contributed by atoms with E-state index in [4.69, 9.17) is 5.10 Å². The molecule has 1 unspecified atom stereocenters. The number of nitriles is 1. The number of ketones is 1. The number of benzene rings is 2. The van der Waals surface area contributed by atoms with Crippen LogP contribution in [-0.4, -0.2) is 15.6 Å². The summed E-state index contributed by atoms with van der Waals surface area (Å²) in [5, 5.41) is 14.5. The number of carbonyl (C=O) groups is 1. The Morgan fingerprint density at radius 2 is 1.90 bits per heavy atom. The van der Waals surface area contributed by atoms with Gasteiger partial charge in [0.1, 0.15) is 11.9 Å². The van der Waals surface area contributed by atoms with E-state index in [1.807, 2.05) is 41.1 Å². The first-order valence-corrected chi connectivity index (χ1v) is 10.1. The number of hydrogen-bond acceptors (Lipinski definition) is 3. The number of fused-ring (bicyclic) bond motifs is 3. The fourth-order valence-electron chi connectivity index (χ4n) is 4.96. The Morgan fingerprint density at radius 3 is 2.60 bits per heavy atom. The maximum absolute atomic E-state index is 13.6. The number of aromatic nitrogens is 2. The third-order valence-electron chi connectivity index (χ3n) is 6.50. The summed E-state index contributed by atoms with van der Waals surface area (Å²) in [7, 11) is 0. The minimum atomic E-state index is -0.499. The van der Waals surface area contributed by atoms with Crippen LogP contribution in [0.3, 0.4) is 0 Å². The number of rotatable bonds is 2. The monoisotopic (exact) mass is 397 g/mol. The highest BCUT2D eigenvalue weighted by Crippen LogP contribution is 2.50. The Kier molecular flexibility index (Phi) is 4.18. The molecule has 2 aliphatic carbocycles. The van der Waals surface area contributed by atoms with Crippen molar-refractivity contribution in [2.45, 2.75) is 31.6 Å². The van der Waals surface area contributed by atoms with Gasteiger partial charge in [-0.25, -0.2) is 9.07 Å². The molecule has 0 radical (unpaired) electrons. The largest absolute Gasteiger partial charge is 0.293 e. The second kappa shape index (κ2) is 6.77. The predicted molar refractivity (Wildman–Crippen MR) is 111 cm³/mol. The zero-order valence-electron chi connectivity index (χ0n) is 16.6. The Labute approximate surface area is 174 Å². The molecule has 5 rings (SSSR count). The molecule has 30 heavy (non-hydrogen) atoms. The number of allylic oxidation sites excluding steroid dienone is 2. The van der Waals surface area contributed by atoms with E-state index in [1.165, 1.54) is 12.1 Å². The molecule has 0 amide bonds. The molecule has 2 aromatic carbocycles. The second-order valence-electron chi connectivity index (χ2n) is 8.25. The zero-order chi connectivity index (χ0) is 20.9. The molecule has 0 spiro atoms. The molecule has 4 nitrogen and oxygen atoms in total. The van der Waals surface area contributed by atoms with Gasteiger partial charge in [0.2, 0.25) is 0 Å². The Bertz CT molecular complexity index is 1220. The van der Waals surface area contributed by atoms with Crippen molar-refractivity contribution in [1.29, 1.82) is 5.26 Å². The summed E-state index contributed by atoms with van der Waals surface area (Å²) in [6, 6.07) is 18.4. The lowest BCUT2D eigenvalue weighted by Gasteiger charge is -2.42. The molecular weight excluding hydrogens is 377 g/mol. The summed E-state index contributed by atoms with van der Waals surface area (Å²) in [5.74, 6) is -0.282. The lowest BCUT2D eigenvalue weighted by molar-refractivity contribution is -0.117. The van der Waals surface area contributed by atoms with E-state index in [2.05, 4.69) is 13.0 Å². The van der Waals surface area contributed by atoms with Crippen molar-refractivity contribution >= 4 is 5.78 Å². The predicted octanol–water partition coefficient (Wildman–Crippen LogP) is 4.92. The van der Waals surface area contributed by atoms with E-state index in [0.29, 0.717) is 6.42 Å². The molecule has 1 aromatic heterocycles. The van der Waals surface area contributed by atoms with Crippen LogP contribution < -0.4 is 0 Å². The Morgan fingerprint density at radius 1 is 1.17 bits per heavy atom. The SMILES string of the molecule is CC12C=C(C#N)C(=O)C[C@H]1CCc1c(-c3ccccc3)nn(-c3ccc(F)cc3)c12. The Balaban J connectivity index is 1.81. The molecule has 1 heterocycles. The van der Waals surface area contributed by atoms with E-state index in [9.17, 15) is 14.4 Å². The normalized spacial score (nSPS) is 22.6. The van der Waals surface area contributed by atoms with Crippen molar-refractivity contribution in [1.82, 2.24) is 9.78 Å². The molecule has 2 atom stereocenters. The first-order valence-electron chi connectivity index (χ1n) is 10.1. The van der Waals surface area contributed by atoms with Crippen LogP contribution >= 0.6 is 0 Å². The van der Waals surface area contributed by atoms with Crippen molar-refractivity contribution in [3.63, 3.8) is 0 Å². The van der Waals surface area contributed by atoms with Crippen LogP contribution in [0.4, 0.5) is 4.39 Å². The lowest BCUT2D eigenvalue weighted by atomic mass is 9.61. The van der Waals surface area contributed by atoms with E-state index >= 15 is 0 Å². The average Bonchev–Trinajstić information content (AvgIpc) is 3.16. The molecule has 0 saturated carbocycles. The highest BCUT2D eigenvalue weighted by atomic mass is 19.1. The summed E-state index contributed by atoms with van der Waals surface area (Å²) in [6.07, 6.45) is 3.87. The molecule has 0 saturated heterocycles. The third-order valence-corrected chi connectivity index (χ3v) is 6.50. The van der Waals surface area contributed by atoms with Crippen molar-refractivity contribution in [2.75, 3.05) is 0 Å². The molecule has 148 valence electrons. The fourth-order valence-corrected chi connectivity index (χ4v) is 4.96. The maximum atomic E-state index is 13.6. The van der Waals surface area contributed by atoms with Gasteiger partial charge in [-0.15, -0.1) is 0 Å². The van der Waals surface area contributed by atoms with Crippen molar-refractivity contribution < 1.29 is 9.18 Å². The smallest absolute Gasteiger partial charge is 0.173 e. The number of Topliss-reactive ketones (excluding diaryl/α,β-unsaturated/α-hetero) is 1. The summed E-state index contributed by atoms with van der Waals surface area (Å²) < 4.78 is 15.5. The first kappa shape index (κ1) is 18.5. The number of carbonyl (C=O) groups excluding carboxylic acids is 1. The molecule has 0 N–H and O–H groups in total. The van der Waals surface area contributed by atoms with Gasteiger partial charge in [0.15, 0.2) is 5.78 Å². The zero-order valence-corrected chi connectivity index (χ0v) is 16.6. The minimum absolute atomic E-state index is 0.0837. The van der Waals surface area contributed by atoms with Gasteiger partial charge in [-0.3, -0.25) is 4.79 Å². The first-order chi connectivity index (χ1) is 14.5.